The molecule has 0 atom stereocenters. The van der Waals surface area contributed by atoms with Gasteiger partial charge in [0.25, 0.3) is 5.92 Å². The zero-order valence-corrected chi connectivity index (χ0v) is 16.3. The molecule has 1 aliphatic heterocycles. The van der Waals surface area contributed by atoms with Gasteiger partial charge < -0.3 is 5.32 Å². The number of nitrogens with one attached hydrogen (secondary N) is 1. The standard InChI is InChI=1S/C21H26F2N4O/c1-3-14-7-9-16(10-8-14)19-18(15-5-4-6-15)20(26(2)25-19)24-17(28)11-27-12-21(22,23)13-27/h7-10,15H,3-6,11-13H2,1-2H3,(H,24,28). The minimum atomic E-state index is -2.66. The fourth-order valence-electron chi connectivity index (χ4n) is 3.98. The van der Waals surface area contributed by atoms with Crippen molar-refractivity contribution in [2.45, 2.75) is 44.4 Å². The maximum atomic E-state index is 13.0. The first-order chi connectivity index (χ1) is 13.4. The third-order valence-corrected chi connectivity index (χ3v) is 5.77. The molecule has 0 bridgehead atoms. The Morgan fingerprint density at radius 1 is 1.25 bits per heavy atom. The van der Waals surface area contributed by atoms with Gasteiger partial charge in [0.1, 0.15) is 5.82 Å². The summed E-state index contributed by atoms with van der Waals surface area (Å²) in [5.74, 6) is -1.87. The van der Waals surface area contributed by atoms with Crippen LogP contribution in [0.3, 0.4) is 0 Å². The highest BCUT2D eigenvalue weighted by atomic mass is 19.3. The fourth-order valence-corrected chi connectivity index (χ4v) is 3.98. The zero-order chi connectivity index (χ0) is 19.9. The number of alkyl halides is 2. The van der Waals surface area contributed by atoms with Gasteiger partial charge in [0.2, 0.25) is 5.91 Å². The van der Waals surface area contributed by atoms with Gasteiger partial charge in [-0.2, -0.15) is 5.10 Å². The molecular formula is C21H26F2N4O. The summed E-state index contributed by atoms with van der Waals surface area (Å²) in [5, 5.41) is 7.64. The number of carbonyl (C=O) groups excluding carboxylic acids is 1. The lowest BCUT2D eigenvalue weighted by Gasteiger charge is -2.38. The number of amides is 1. The summed E-state index contributed by atoms with van der Waals surface area (Å²) in [5.41, 5.74) is 4.28. The van der Waals surface area contributed by atoms with Crippen LogP contribution in [0, 0.1) is 0 Å². The van der Waals surface area contributed by atoms with Crippen molar-refractivity contribution < 1.29 is 13.6 Å². The number of anilines is 1. The number of carbonyl (C=O) groups is 1. The van der Waals surface area contributed by atoms with Crippen LogP contribution in [0.1, 0.15) is 43.2 Å². The highest BCUT2D eigenvalue weighted by molar-refractivity contribution is 5.93. The molecule has 4 rings (SSSR count). The lowest BCUT2D eigenvalue weighted by atomic mass is 9.79. The van der Waals surface area contributed by atoms with Gasteiger partial charge in [0, 0.05) is 18.2 Å². The van der Waals surface area contributed by atoms with Gasteiger partial charge in [-0.05, 0) is 30.7 Å². The number of benzene rings is 1. The molecule has 28 heavy (non-hydrogen) atoms. The van der Waals surface area contributed by atoms with Crippen LogP contribution in [0.5, 0.6) is 0 Å². The largest absolute Gasteiger partial charge is 0.310 e. The molecule has 1 aromatic heterocycles. The smallest absolute Gasteiger partial charge is 0.272 e. The Balaban J connectivity index is 1.58. The minimum absolute atomic E-state index is 0.0224. The highest BCUT2D eigenvalue weighted by Gasteiger charge is 2.44. The molecule has 2 aromatic rings. The van der Waals surface area contributed by atoms with Crippen molar-refractivity contribution in [1.29, 1.82) is 0 Å². The third-order valence-electron chi connectivity index (χ3n) is 5.77. The number of aryl methyl sites for hydroxylation is 2. The van der Waals surface area contributed by atoms with Gasteiger partial charge in [0.05, 0.1) is 25.3 Å². The second kappa shape index (κ2) is 7.28. The summed E-state index contributed by atoms with van der Waals surface area (Å²) in [6, 6.07) is 8.38. The number of nitrogens with zero attached hydrogens (tertiary/aromatic N) is 3. The Kier molecular flexibility index (Phi) is 4.95. The number of hydrogen-bond acceptors (Lipinski definition) is 3. The molecule has 2 heterocycles. The third kappa shape index (κ3) is 3.68. The molecule has 1 aromatic carbocycles. The Hall–Kier alpha value is -2.28. The molecule has 1 saturated carbocycles. The van der Waals surface area contributed by atoms with Crippen molar-refractivity contribution in [3.05, 3.63) is 35.4 Å². The van der Waals surface area contributed by atoms with Crippen LogP contribution in [0.4, 0.5) is 14.6 Å². The van der Waals surface area contributed by atoms with Crippen molar-refractivity contribution in [3.8, 4) is 11.3 Å². The van der Waals surface area contributed by atoms with Gasteiger partial charge in [-0.15, -0.1) is 0 Å². The van der Waals surface area contributed by atoms with Crippen molar-refractivity contribution in [3.63, 3.8) is 0 Å². The molecule has 1 N–H and O–H groups in total. The zero-order valence-electron chi connectivity index (χ0n) is 16.3. The molecule has 150 valence electrons. The number of halogens is 2. The van der Waals surface area contributed by atoms with E-state index in [1.807, 2.05) is 7.05 Å². The van der Waals surface area contributed by atoms with Gasteiger partial charge in [-0.3, -0.25) is 14.4 Å². The van der Waals surface area contributed by atoms with Crippen LogP contribution in [-0.4, -0.2) is 46.1 Å². The van der Waals surface area contributed by atoms with Crippen molar-refractivity contribution in [2.24, 2.45) is 7.05 Å². The van der Waals surface area contributed by atoms with E-state index in [-0.39, 0.29) is 25.5 Å². The monoisotopic (exact) mass is 388 g/mol. The summed E-state index contributed by atoms with van der Waals surface area (Å²) in [6.45, 7) is 1.40. The summed E-state index contributed by atoms with van der Waals surface area (Å²) in [7, 11) is 1.82. The van der Waals surface area contributed by atoms with E-state index in [2.05, 4.69) is 36.5 Å². The second-order valence-electron chi connectivity index (χ2n) is 7.96. The van der Waals surface area contributed by atoms with Gasteiger partial charge >= 0.3 is 0 Å². The molecule has 2 aliphatic rings. The van der Waals surface area contributed by atoms with Crippen LogP contribution in [0.2, 0.25) is 0 Å². The predicted molar refractivity (Wildman–Crippen MR) is 105 cm³/mol. The molecule has 5 nitrogen and oxygen atoms in total. The van der Waals surface area contributed by atoms with Gasteiger partial charge in [-0.1, -0.05) is 37.6 Å². The van der Waals surface area contributed by atoms with Crippen LogP contribution >= 0.6 is 0 Å². The second-order valence-corrected chi connectivity index (χ2v) is 7.96. The first-order valence-electron chi connectivity index (χ1n) is 9.92. The molecular weight excluding hydrogens is 362 g/mol. The topological polar surface area (TPSA) is 50.2 Å². The molecule has 1 amide bonds. The average Bonchev–Trinajstić information content (AvgIpc) is 2.89. The minimum Gasteiger partial charge on any atom is -0.310 e. The van der Waals surface area contributed by atoms with E-state index in [0.717, 1.165) is 36.1 Å². The number of aromatic nitrogens is 2. The Labute approximate surface area is 163 Å². The van der Waals surface area contributed by atoms with E-state index in [1.54, 1.807) is 4.68 Å². The highest BCUT2D eigenvalue weighted by Crippen LogP contribution is 2.44. The predicted octanol–water partition coefficient (Wildman–Crippen LogP) is 3.81. The Bertz CT molecular complexity index is 863. The van der Waals surface area contributed by atoms with E-state index in [4.69, 9.17) is 5.10 Å². The number of hydrogen-bond donors (Lipinski definition) is 1. The lowest BCUT2D eigenvalue weighted by molar-refractivity contribution is -0.141. The quantitative estimate of drug-likeness (QED) is 0.819. The molecule has 7 heteroatoms. The van der Waals surface area contributed by atoms with Crippen LogP contribution in [0.25, 0.3) is 11.3 Å². The first kappa shape index (κ1) is 19.1. The molecule has 0 unspecified atom stereocenters. The van der Waals surface area contributed by atoms with Gasteiger partial charge in [0.15, 0.2) is 0 Å². The summed E-state index contributed by atoms with van der Waals surface area (Å²) in [6.07, 6.45) is 4.30. The van der Waals surface area contributed by atoms with Gasteiger partial charge in [-0.25, -0.2) is 8.78 Å². The van der Waals surface area contributed by atoms with Crippen LogP contribution in [-0.2, 0) is 18.3 Å². The van der Waals surface area contributed by atoms with E-state index < -0.39 is 5.92 Å². The van der Waals surface area contributed by atoms with Crippen molar-refractivity contribution in [2.75, 3.05) is 25.0 Å². The SMILES string of the molecule is CCc1ccc(-c2nn(C)c(NC(=O)CN3CC(F)(F)C3)c2C2CCC2)cc1. The van der Waals surface area contributed by atoms with E-state index in [0.29, 0.717) is 11.7 Å². The Morgan fingerprint density at radius 3 is 2.46 bits per heavy atom. The molecule has 2 fully saturated rings. The van der Waals surface area contributed by atoms with Crippen LogP contribution in [0.15, 0.2) is 24.3 Å². The maximum Gasteiger partial charge on any atom is 0.272 e. The van der Waals surface area contributed by atoms with E-state index in [1.165, 1.54) is 16.9 Å². The molecule has 1 saturated heterocycles. The Morgan fingerprint density at radius 2 is 1.93 bits per heavy atom. The lowest BCUT2D eigenvalue weighted by Crippen LogP contribution is -2.57. The maximum absolute atomic E-state index is 13.0. The number of likely N-dealkylation sites (tertiary alicyclic amines) is 1. The summed E-state index contributed by atoms with van der Waals surface area (Å²) in [4.78, 5) is 13.9. The van der Waals surface area contributed by atoms with Crippen molar-refractivity contribution in [1.82, 2.24) is 14.7 Å². The van der Waals surface area contributed by atoms with E-state index in [9.17, 15) is 13.6 Å². The van der Waals surface area contributed by atoms with E-state index >= 15 is 0 Å². The summed E-state index contributed by atoms with van der Waals surface area (Å²) >= 11 is 0. The molecule has 0 spiro atoms. The first-order valence-corrected chi connectivity index (χ1v) is 9.92. The molecule has 1 aliphatic carbocycles. The number of rotatable bonds is 6. The fraction of sp³-hybridized carbons (Fsp3) is 0.524. The average molecular weight is 388 g/mol. The van der Waals surface area contributed by atoms with Crippen LogP contribution < -0.4 is 5.32 Å². The summed E-state index contributed by atoms with van der Waals surface area (Å²) < 4.78 is 27.7. The van der Waals surface area contributed by atoms with Crippen molar-refractivity contribution >= 4 is 11.7 Å². The molecule has 0 radical (unpaired) electrons. The normalized spacial score (nSPS) is 19.1.